The second kappa shape index (κ2) is 6.91. The van der Waals surface area contributed by atoms with Gasteiger partial charge in [0.15, 0.2) is 5.69 Å². The molecule has 114 valence electrons. The highest BCUT2D eigenvalue weighted by atomic mass is 35.5. The first-order chi connectivity index (χ1) is 9.79. The van der Waals surface area contributed by atoms with E-state index >= 15 is 0 Å². The first kappa shape index (κ1) is 15.8. The van der Waals surface area contributed by atoms with Gasteiger partial charge >= 0.3 is 0 Å². The molecule has 1 saturated carbocycles. The summed E-state index contributed by atoms with van der Waals surface area (Å²) in [6, 6.07) is 7.85. The third-order valence-electron chi connectivity index (χ3n) is 4.21. The Bertz CT molecular complexity index is 612. The van der Waals surface area contributed by atoms with Crippen molar-refractivity contribution in [3.8, 4) is 0 Å². The lowest BCUT2D eigenvalue weighted by Gasteiger charge is -2.31. The lowest BCUT2D eigenvalue weighted by molar-refractivity contribution is 0.0904. The molecule has 6 heteroatoms. The first-order valence-electron chi connectivity index (χ1n) is 7.23. The second-order valence-electron chi connectivity index (χ2n) is 5.48. The van der Waals surface area contributed by atoms with Crippen molar-refractivity contribution in [3.05, 3.63) is 30.0 Å². The smallest absolute Gasteiger partial charge is 0.272 e. The summed E-state index contributed by atoms with van der Waals surface area (Å²) in [5.41, 5.74) is 7.17. The first-order valence-corrected chi connectivity index (χ1v) is 7.23. The number of rotatable bonds is 3. The van der Waals surface area contributed by atoms with Crippen LogP contribution in [-0.4, -0.2) is 28.7 Å². The number of nitrogens with two attached hydrogens (primary N) is 1. The van der Waals surface area contributed by atoms with Crippen LogP contribution in [0.1, 0.15) is 36.2 Å². The Balaban J connectivity index is 0.00000161. The number of H-pyrrole nitrogens is 1. The molecule has 0 spiro atoms. The Morgan fingerprint density at radius 1 is 1.33 bits per heavy atom. The van der Waals surface area contributed by atoms with Crippen molar-refractivity contribution < 1.29 is 4.79 Å². The molecule has 5 nitrogen and oxygen atoms in total. The molecule has 1 aliphatic carbocycles. The quantitative estimate of drug-likeness (QED) is 0.813. The summed E-state index contributed by atoms with van der Waals surface area (Å²) in [4.78, 5) is 12.4. The molecule has 4 N–H and O–H groups in total. The maximum Gasteiger partial charge on any atom is 0.272 e. The molecule has 2 aromatic rings. The molecule has 0 radical (unpaired) electrons. The third-order valence-corrected chi connectivity index (χ3v) is 4.21. The molecule has 1 aromatic carbocycles. The number of nitrogens with zero attached hydrogens (tertiary/aromatic N) is 1. The van der Waals surface area contributed by atoms with E-state index in [1.54, 1.807) is 0 Å². The molecule has 2 atom stereocenters. The van der Waals surface area contributed by atoms with Crippen molar-refractivity contribution >= 4 is 29.2 Å². The van der Waals surface area contributed by atoms with Crippen molar-refractivity contribution in [3.63, 3.8) is 0 Å². The zero-order chi connectivity index (χ0) is 13.9. The number of carbonyl (C=O) groups excluding carboxylic acids is 1. The number of hydrogen-bond donors (Lipinski definition) is 3. The third kappa shape index (κ3) is 3.19. The van der Waals surface area contributed by atoms with Gasteiger partial charge in [-0.15, -0.1) is 12.4 Å². The van der Waals surface area contributed by atoms with Gasteiger partial charge in [-0.05, 0) is 31.4 Å². The SMILES string of the molecule is Cl.NCC1CCCCC1NC(=O)c1n[nH]c2ccccc12. The Kier molecular flexibility index (Phi) is 5.20. The van der Waals surface area contributed by atoms with Crippen molar-refractivity contribution in [2.45, 2.75) is 31.7 Å². The molecule has 1 aliphatic rings. The summed E-state index contributed by atoms with van der Waals surface area (Å²) in [5, 5.41) is 11.0. The zero-order valence-corrected chi connectivity index (χ0v) is 12.7. The van der Waals surface area contributed by atoms with Crippen LogP contribution in [0.2, 0.25) is 0 Å². The molecule has 2 unspecified atom stereocenters. The second-order valence-corrected chi connectivity index (χ2v) is 5.48. The van der Waals surface area contributed by atoms with Gasteiger partial charge in [0.1, 0.15) is 0 Å². The number of carbonyl (C=O) groups is 1. The van der Waals surface area contributed by atoms with Crippen LogP contribution in [0.15, 0.2) is 24.3 Å². The molecule has 0 bridgehead atoms. The van der Waals surface area contributed by atoms with Crippen molar-refractivity contribution in [2.75, 3.05) is 6.54 Å². The minimum Gasteiger partial charge on any atom is -0.348 e. The standard InChI is InChI=1S/C15H20N4O.ClH/c16-9-10-5-1-3-7-12(10)17-15(20)14-11-6-2-4-8-13(11)18-19-14;/h2,4,6,8,10,12H,1,3,5,7,9,16H2,(H,17,20)(H,18,19);1H. The maximum atomic E-state index is 12.4. The Labute approximate surface area is 130 Å². The van der Waals surface area contributed by atoms with Crippen LogP contribution < -0.4 is 11.1 Å². The van der Waals surface area contributed by atoms with E-state index in [1.165, 1.54) is 6.42 Å². The van der Waals surface area contributed by atoms with Crippen molar-refractivity contribution in [1.82, 2.24) is 15.5 Å². The summed E-state index contributed by atoms with van der Waals surface area (Å²) in [6.07, 6.45) is 4.47. The number of hydrogen-bond acceptors (Lipinski definition) is 3. The minimum atomic E-state index is -0.104. The van der Waals surface area contributed by atoms with Gasteiger partial charge < -0.3 is 11.1 Å². The largest absolute Gasteiger partial charge is 0.348 e. The fourth-order valence-corrected chi connectivity index (χ4v) is 3.05. The van der Waals surface area contributed by atoms with E-state index in [2.05, 4.69) is 15.5 Å². The minimum absolute atomic E-state index is 0. The van der Waals surface area contributed by atoms with E-state index in [-0.39, 0.29) is 24.4 Å². The van der Waals surface area contributed by atoms with E-state index in [1.807, 2.05) is 24.3 Å². The number of nitrogens with one attached hydrogen (secondary N) is 2. The van der Waals surface area contributed by atoms with Crippen LogP contribution in [-0.2, 0) is 0 Å². The summed E-state index contributed by atoms with van der Waals surface area (Å²) in [7, 11) is 0. The normalized spacial score (nSPS) is 21.8. The van der Waals surface area contributed by atoms with Crippen LogP contribution in [0, 0.1) is 5.92 Å². The molecule has 3 rings (SSSR count). The highest BCUT2D eigenvalue weighted by Crippen LogP contribution is 2.24. The van der Waals surface area contributed by atoms with Gasteiger partial charge in [-0.1, -0.05) is 31.0 Å². The summed E-state index contributed by atoms with van der Waals surface area (Å²) >= 11 is 0. The molecule has 1 fully saturated rings. The fraction of sp³-hybridized carbons (Fsp3) is 0.467. The highest BCUT2D eigenvalue weighted by molar-refractivity contribution is 6.04. The Hall–Kier alpha value is -1.59. The molecule has 0 aliphatic heterocycles. The molecule has 0 saturated heterocycles. The molecule has 1 aromatic heterocycles. The van der Waals surface area contributed by atoms with E-state index < -0.39 is 0 Å². The molecular weight excluding hydrogens is 288 g/mol. The van der Waals surface area contributed by atoms with Crippen LogP contribution in [0.5, 0.6) is 0 Å². The lowest BCUT2D eigenvalue weighted by atomic mass is 9.84. The summed E-state index contributed by atoms with van der Waals surface area (Å²) < 4.78 is 0. The lowest BCUT2D eigenvalue weighted by Crippen LogP contribution is -2.44. The van der Waals surface area contributed by atoms with Gasteiger partial charge in [-0.2, -0.15) is 5.10 Å². The molecule has 21 heavy (non-hydrogen) atoms. The number of halogens is 1. The number of fused-ring (bicyclic) bond motifs is 1. The zero-order valence-electron chi connectivity index (χ0n) is 11.8. The van der Waals surface area contributed by atoms with Crippen LogP contribution in [0.25, 0.3) is 10.9 Å². The molecule has 1 amide bonds. The van der Waals surface area contributed by atoms with E-state index in [9.17, 15) is 4.79 Å². The van der Waals surface area contributed by atoms with Crippen molar-refractivity contribution in [2.24, 2.45) is 11.7 Å². The summed E-state index contributed by atoms with van der Waals surface area (Å²) in [6.45, 7) is 0.631. The van der Waals surface area contributed by atoms with E-state index in [0.717, 1.165) is 30.2 Å². The topological polar surface area (TPSA) is 83.8 Å². The van der Waals surface area contributed by atoms with Gasteiger partial charge in [-0.25, -0.2) is 0 Å². The number of aromatic amines is 1. The average molecular weight is 309 g/mol. The monoisotopic (exact) mass is 308 g/mol. The van der Waals surface area contributed by atoms with E-state index in [4.69, 9.17) is 5.73 Å². The highest BCUT2D eigenvalue weighted by Gasteiger charge is 2.26. The number of benzene rings is 1. The average Bonchev–Trinajstić information content (AvgIpc) is 2.92. The predicted molar refractivity (Wildman–Crippen MR) is 85.6 cm³/mol. The fourth-order valence-electron chi connectivity index (χ4n) is 3.05. The van der Waals surface area contributed by atoms with Crippen LogP contribution in [0.3, 0.4) is 0 Å². The van der Waals surface area contributed by atoms with Crippen LogP contribution in [0.4, 0.5) is 0 Å². The summed E-state index contributed by atoms with van der Waals surface area (Å²) in [5.74, 6) is 0.283. The predicted octanol–water partition coefficient (Wildman–Crippen LogP) is 2.23. The number of amides is 1. The van der Waals surface area contributed by atoms with Gasteiger partial charge in [0.2, 0.25) is 0 Å². The van der Waals surface area contributed by atoms with Gasteiger partial charge in [-0.3, -0.25) is 9.89 Å². The van der Waals surface area contributed by atoms with Gasteiger partial charge in [0.25, 0.3) is 5.91 Å². The van der Waals surface area contributed by atoms with Crippen LogP contribution >= 0.6 is 12.4 Å². The maximum absolute atomic E-state index is 12.4. The van der Waals surface area contributed by atoms with Crippen molar-refractivity contribution in [1.29, 1.82) is 0 Å². The number of para-hydroxylation sites is 1. The Morgan fingerprint density at radius 2 is 2.10 bits per heavy atom. The Morgan fingerprint density at radius 3 is 2.90 bits per heavy atom. The van der Waals surface area contributed by atoms with E-state index in [0.29, 0.717) is 18.2 Å². The number of aromatic nitrogens is 2. The molecule has 1 heterocycles. The van der Waals surface area contributed by atoms with Gasteiger partial charge in [0.05, 0.1) is 5.52 Å². The van der Waals surface area contributed by atoms with Gasteiger partial charge in [0, 0.05) is 11.4 Å². The molecular formula is C15H21ClN4O.